The number of nitrogens with two attached hydrogens (primary N) is 1. The van der Waals surface area contributed by atoms with Crippen molar-refractivity contribution in [3.63, 3.8) is 0 Å². The van der Waals surface area contributed by atoms with Crippen LogP contribution < -0.4 is 10.5 Å². The third-order valence-corrected chi connectivity index (χ3v) is 1.76. The topological polar surface area (TPSA) is 96.3 Å². The molecular weight excluding hydrogens is 184 g/mol. The van der Waals surface area contributed by atoms with Gasteiger partial charge in [-0.1, -0.05) is 0 Å². The number of hydrogen-bond acceptors (Lipinski definition) is 4. The number of rotatable bonds is 2. The molecule has 0 aromatic heterocycles. The Labute approximate surface area is 80.3 Å². The number of ether oxygens (including phenoxy) is 1. The molecule has 1 aromatic carbocycles. The summed E-state index contributed by atoms with van der Waals surface area (Å²) in [5, 5.41) is 17.5. The molecule has 0 fully saturated rings. The zero-order valence-corrected chi connectivity index (χ0v) is 7.44. The average Bonchev–Trinajstić information content (AvgIpc) is 2.16. The largest absolute Gasteiger partial charge is 0.495 e. The maximum atomic E-state index is 10.8. The van der Waals surface area contributed by atoms with Gasteiger partial charge in [-0.25, -0.2) is 4.79 Å². The minimum absolute atomic E-state index is 0.0239. The normalized spacial score (nSPS) is 9.14. The molecule has 0 aliphatic carbocycles. The molecule has 0 atom stereocenters. The van der Waals surface area contributed by atoms with Crippen LogP contribution in [-0.4, -0.2) is 18.2 Å². The Morgan fingerprint density at radius 2 is 2.29 bits per heavy atom. The van der Waals surface area contributed by atoms with Crippen LogP contribution in [0.2, 0.25) is 0 Å². The molecule has 1 rings (SSSR count). The van der Waals surface area contributed by atoms with Crippen molar-refractivity contribution in [2.75, 3.05) is 12.8 Å². The number of anilines is 1. The lowest BCUT2D eigenvalue weighted by molar-refractivity contribution is 0.0697. The van der Waals surface area contributed by atoms with Crippen LogP contribution in [0.5, 0.6) is 5.75 Å². The fourth-order valence-electron chi connectivity index (χ4n) is 1.10. The number of nitrogens with zero attached hydrogens (tertiary/aromatic N) is 1. The highest BCUT2D eigenvalue weighted by atomic mass is 16.5. The molecule has 0 saturated carbocycles. The van der Waals surface area contributed by atoms with Crippen LogP contribution in [0.15, 0.2) is 12.1 Å². The highest BCUT2D eigenvalue weighted by molar-refractivity contribution is 5.98. The molecule has 0 radical (unpaired) electrons. The Kier molecular flexibility index (Phi) is 2.58. The second-order valence-corrected chi connectivity index (χ2v) is 2.52. The predicted molar refractivity (Wildman–Crippen MR) is 49.1 cm³/mol. The van der Waals surface area contributed by atoms with Crippen LogP contribution in [-0.2, 0) is 0 Å². The van der Waals surface area contributed by atoms with Gasteiger partial charge < -0.3 is 15.6 Å². The Balaban J connectivity index is 3.49. The number of carbonyl (C=O) groups is 1. The molecule has 0 aliphatic rings. The van der Waals surface area contributed by atoms with Gasteiger partial charge in [-0.15, -0.1) is 0 Å². The van der Waals surface area contributed by atoms with E-state index in [1.54, 1.807) is 6.07 Å². The molecular formula is C9H8N2O3. The first-order valence-electron chi connectivity index (χ1n) is 3.71. The first-order valence-corrected chi connectivity index (χ1v) is 3.71. The second kappa shape index (κ2) is 3.66. The SMILES string of the molecule is COc1ccc(C#N)c(C(=O)O)c1N. The van der Waals surface area contributed by atoms with Gasteiger partial charge in [0.1, 0.15) is 17.4 Å². The van der Waals surface area contributed by atoms with Crippen LogP contribution in [0.25, 0.3) is 0 Å². The summed E-state index contributed by atoms with van der Waals surface area (Å²) in [4.78, 5) is 10.8. The summed E-state index contributed by atoms with van der Waals surface area (Å²) in [5.41, 5.74) is 5.29. The van der Waals surface area contributed by atoms with Gasteiger partial charge in [0.15, 0.2) is 0 Å². The van der Waals surface area contributed by atoms with E-state index in [4.69, 9.17) is 20.8 Å². The van der Waals surface area contributed by atoms with Crippen molar-refractivity contribution in [2.45, 2.75) is 0 Å². The Morgan fingerprint density at radius 3 is 2.71 bits per heavy atom. The molecule has 0 heterocycles. The summed E-state index contributed by atoms with van der Waals surface area (Å²) in [7, 11) is 1.38. The molecule has 5 nitrogen and oxygen atoms in total. The molecule has 0 bridgehead atoms. The van der Waals surface area contributed by atoms with Crippen LogP contribution in [0, 0.1) is 11.3 Å². The monoisotopic (exact) mass is 192 g/mol. The number of nitrogen functional groups attached to an aromatic ring is 1. The summed E-state index contributed by atoms with van der Waals surface area (Å²) in [5.74, 6) is -0.987. The number of carboxylic acid groups (broad SMARTS) is 1. The van der Waals surface area contributed by atoms with Gasteiger partial charge in [0.05, 0.1) is 18.4 Å². The molecule has 72 valence electrons. The Morgan fingerprint density at radius 1 is 1.64 bits per heavy atom. The van der Waals surface area contributed by atoms with Crippen molar-refractivity contribution < 1.29 is 14.6 Å². The number of hydrogen-bond donors (Lipinski definition) is 2. The second-order valence-electron chi connectivity index (χ2n) is 2.52. The summed E-state index contributed by atoms with van der Waals surface area (Å²) in [6.45, 7) is 0. The quantitative estimate of drug-likeness (QED) is 0.677. The van der Waals surface area contributed by atoms with Crippen LogP contribution in [0.4, 0.5) is 5.69 Å². The molecule has 0 spiro atoms. The third kappa shape index (κ3) is 1.45. The molecule has 3 N–H and O–H groups in total. The smallest absolute Gasteiger partial charge is 0.339 e. The van der Waals surface area contributed by atoms with E-state index in [1.807, 2.05) is 0 Å². The van der Waals surface area contributed by atoms with Gasteiger partial charge in [-0.2, -0.15) is 5.26 Å². The lowest BCUT2D eigenvalue weighted by atomic mass is 10.1. The zero-order valence-electron chi connectivity index (χ0n) is 7.44. The lowest BCUT2D eigenvalue weighted by Gasteiger charge is -2.07. The van der Waals surface area contributed by atoms with E-state index >= 15 is 0 Å². The highest BCUT2D eigenvalue weighted by Crippen LogP contribution is 2.27. The van der Waals surface area contributed by atoms with Crippen LogP contribution in [0.3, 0.4) is 0 Å². The molecule has 0 amide bonds. The van der Waals surface area contributed by atoms with Gasteiger partial charge in [-0.3, -0.25) is 0 Å². The third-order valence-electron chi connectivity index (χ3n) is 1.76. The Bertz CT molecular complexity index is 421. The molecule has 5 heteroatoms. The highest BCUT2D eigenvalue weighted by Gasteiger charge is 2.17. The first kappa shape index (κ1) is 9.86. The van der Waals surface area contributed by atoms with E-state index < -0.39 is 5.97 Å². The standard InChI is InChI=1S/C9H8N2O3/c1-14-6-3-2-5(4-10)7(8(6)11)9(12)13/h2-3H,11H2,1H3,(H,12,13). The first-order chi connectivity index (χ1) is 6.61. The Hall–Kier alpha value is -2.22. The zero-order chi connectivity index (χ0) is 10.7. The van der Waals surface area contributed by atoms with E-state index in [0.717, 1.165) is 0 Å². The summed E-state index contributed by atoms with van der Waals surface area (Å²) >= 11 is 0. The van der Waals surface area contributed by atoms with E-state index in [1.165, 1.54) is 19.2 Å². The van der Waals surface area contributed by atoms with Crippen molar-refractivity contribution in [1.29, 1.82) is 5.26 Å². The van der Waals surface area contributed by atoms with Gasteiger partial charge in [0.25, 0.3) is 0 Å². The van der Waals surface area contributed by atoms with Crippen molar-refractivity contribution in [3.8, 4) is 11.8 Å². The van der Waals surface area contributed by atoms with Crippen molar-refractivity contribution in [3.05, 3.63) is 23.3 Å². The van der Waals surface area contributed by atoms with Gasteiger partial charge >= 0.3 is 5.97 Å². The van der Waals surface area contributed by atoms with Crippen molar-refractivity contribution in [2.24, 2.45) is 0 Å². The number of nitriles is 1. The molecule has 0 unspecified atom stereocenters. The number of benzene rings is 1. The maximum Gasteiger partial charge on any atom is 0.339 e. The number of carboxylic acids is 1. The van der Waals surface area contributed by atoms with E-state index in [2.05, 4.69) is 0 Å². The van der Waals surface area contributed by atoms with Crippen LogP contribution in [0.1, 0.15) is 15.9 Å². The van der Waals surface area contributed by atoms with E-state index in [-0.39, 0.29) is 22.6 Å². The van der Waals surface area contributed by atoms with Gasteiger partial charge in [0.2, 0.25) is 0 Å². The van der Waals surface area contributed by atoms with Crippen molar-refractivity contribution in [1.82, 2.24) is 0 Å². The lowest BCUT2D eigenvalue weighted by Crippen LogP contribution is -2.07. The minimum atomic E-state index is -1.24. The van der Waals surface area contributed by atoms with Gasteiger partial charge in [0, 0.05) is 0 Å². The summed E-state index contributed by atoms with van der Waals surface area (Å²) < 4.78 is 4.84. The summed E-state index contributed by atoms with van der Waals surface area (Å²) in [6.07, 6.45) is 0. The fourth-order valence-corrected chi connectivity index (χ4v) is 1.10. The predicted octanol–water partition coefficient (Wildman–Crippen LogP) is 0.847. The molecule has 0 saturated heterocycles. The number of aromatic carboxylic acids is 1. The summed E-state index contributed by atoms with van der Waals surface area (Å²) in [6, 6.07) is 4.57. The van der Waals surface area contributed by atoms with Crippen LogP contribution >= 0.6 is 0 Å². The molecule has 14 heavy (non-hydrogen) atoms. The van der Waals surface area contributed by atoms with E-state index in [9.17, 15) is 4.79 Å². The number of methoxy groups -OCH3 is 1. The maximum absolute atomic E-state index is 10.8. The molecule has 0 aliphatic heterocycles. The fraction of sp³-hybridized carbons (Fsp3) is 0.111. The van der Waals surface area contributed by atoms with Crippen molar-refractivity contribution >= 4 is 11.7 Å². The molecule has 1 aromatic rings. The average molecular weight is 192 g/mol. The van der Waals surface area contributed by atoms with E-state index in [0.29, 0.717) is 0 Å². The minimum Gasteiger partial charge on any atom is -0.495 e. The van der Waals surface area contributed by atoms with Gasteiger partial charge in [-0.05, 0) is 12.1 Å².